The molecule has 0 spiro atoms. The summed E-state index contributed by atoms with van der Waals surface area (Å²) < 4.78 is 4.39. The summed E-state index contributed by atoms with van der Waals surface area (Å²) in [4.78, 5) is 0. The quantitative estimate of drug-likeness (QED) is 0.365. The zero-order valence-electron chi connectivity index (χ0n) is 2.72. The van der Waals surface area contributed by atoms with E-state index in [0.29, 0.717) is 0 Å². The average molecular weight is 127 g/mol. The molecule has 0 saturated carbocycles. The molecule has 0 fully saturated rings. The van der Waals surface area contributed by atoms with Gasteiger partial charge in [-0.15, -0.1) is 0 Å². The second kappa shape index (κ2) is 21.3. The van der Waals surface area contributed by atoms with Gasteiger partial charge < -0.3 is 11.0 Å². The number of hydrogen-bond donors (Lipinski definition) is 0. The zero-order chi connectivity index (χ0) is 2.71. The van der Waals surface area contributed by atoms with E-state index in [1.807, 2.05) is 0 Å². The molecule has 0 aliphatic heterocycles. The SMILES string of the molecule is [O-2].[O-2].[SiH3][O][Ti+4]. The van der Waals surface area contributed by atoms with Gasteiger partial charge in [-0.2, -0.15) is 0 Å². The van der Waals surface area contributed by atoms with Crippen LogP contribution in [-0.4, -0.2) is 10.5 Å². The van der Waals surface area contributed by atoms with Crippen molar-refractivity contribution in [2.45, 2.75) is 0 Å². The number of hydrogen-bond acceptors (Lipinski definition) is 1. The molecule has 5 heavy (non-hydrogen) atoms. The van der Waals surface area contributed by atoms with Gasteiger partial charge in [0.2, 0.25) is 0 Å². The van der Waals surface area contributed by atoms with Crippen LogP contribution in [0, 0.1) is 0 Å². The Morgan fingerprint density at radius 3 is 1.40 bits per heavy atom. The molecule has 5 heteroatoms. The van der Waals surface area contributed by atoms with Gasteiger partial charge in [0.25, 0.3) is 0 Å². The van der Waals surface area contributed by atoms with Crippen LogP contribution >= 0.6 is 0 Å². The van der Waals surface area contributed by atoms with Crippen molar-refractivity contribution >= 4 is 10.5 Å². The molecule has 0 aliphatic carbocycles. The Morgan fingerprint density at radius 2 is 1.40 bits per heavy atom. The molecule has 0 rings (SSSR count). The van der Waals surface area contributed by atoms with E-state index in [0.717, 1.165) is 10.5 Å². The molecule has 0 saturated heterocycles. The van der Waals surface area contributed by atoms with E-state index in [9.17, 15) is 0 Å². The summed E-state index contributed by atoms with van der Waals surface area (Å²) in [6.07, 6.45) is 0. The molecule has 0 heterocycles. The molecule has 0 atom stereocenters. The van der Waals surface area contributed by atoms with E-state index in [1.165, 1.54) is 0 Å². The van der Waals surface area contributed by atoms with Crippen molar-refractivity contribution in [3.8, 4) is 0 Å². The van der Waals surface area contributed by atoms with E-state index in [-0.39, 0.29) is 11.0 Å². The Balaban J connectivity index is -0.0000000200. The maximum atomic E-state index is 4.39. The average Bonchev–Trinajstić information content (AvgIpc) is 0.918. The van der Waals surface area contributed by atoms with E-state index < -0.39 is 0 Å². The zero-order valence-corrected chi connectivity index (χ0v) is 6.29. The first-order chi connectivity index (χ1) is 1.41. The number of rotatable bonds is 0. The summed E-state index contributed by atoms with van der Waals surface area (Å²) in [6, 6.07) is 0. The molecular formula is H3O3SiTi. The van der Waals surface area contributed by atoms with E-state index in [1.54, 1.807) is 20.8 Å². The van der Waals surface area contributed by atoms with E-state index in [4.69, 9.17) is 0 Å². The van der Waals surface area contributed by atoms with Crippen molar-refractivity contribution in [3.05, 3.63) is 0 Å². The maximum absolute atomic E-state index is 4.39. The molecule has 0 aliphatic rings. The molecule has 29 valence electrons. The summed E-state index contributed by atoms with van der Waals surface area (Å²) in [6.45, 7) is 0. The summed E-state index contributed by atoms with van der Waals surface area (Å²) >= 11 is 1.69. The predicted molar refractivity (Wildman–Crippen MR) is 12.4 cm³/mol. The Kier molecular flexibility index (Phi) is 72.5. The van der Waals surface area contributed by atoms with Crippen molar-refractivity contribution in [2.24, 2.45) is 0 Å². The fourth-order valence-electron chi connectivity index (χ4n) is 0. The topological polar surface area (TPSA) is 66.2 Å². The van der Waals surface area contributed by atoms with Gasteiger partial charge in [-0.1, -0.05) is 0 Å². The van der Waals surface area contributed by atoms with Crippen molar-refractivity contribution in [1.82, 2.24) is 0 Å². The molecule has 0 radical (unpaired) electrons. The first kappa shape index (κ1) is 17.0. The molecule has 0 unspecified atom stereocenters. The van der Waals surface area contributed by atoms with Crippen molar-refractivity contribution in [2.75, 3.05) is 0 Å². The Labute approximate surface area is 45.7 Å². The molecule has 0 aromatic rings. The van der Waals surface area contributed by atoms with Crippen LogP contribution in [0.15, 0.2) is 0 Å². The molecule has 0 aromatic heterocycles. The van der Waals surface area contributed by atoms with Crippen molar-refractivity contribution in [3.63, 3.8) is 0 Å². The summed E-state index contributed by atoms with van der Waals surface area (Å²) in [7, 11) is 0.869. The van der Waals surface area contributed by atoms with Gasteiger partial charge in [0.05, 0.1) is 0 Å². The van der Waals surface area contributed by atoms with Crippen LogP contribution < -0.4 is 0 Å². The predicted octanol–water partition coefficient (Wildman–Crippen LogP) is -1.49. The van der Waals surface area contributed by atoms with E-state index in [2.05, 4.69) is 3.01 Å². The minimum absolute atomic E-state index is 0. The molecule has 0 aromatic carbocycles. The third kappa shape index (κ3) is 57.8. The summed E-state index contributed by atoms with van der Waals surface area (Å²) in [5.41, 5.74) is 0. The van der Waals surface area contributed by atoms with Gasteiger partial charge in [0, 0.05) is 0 Å². The van der Waals surface area contributed by atoms with Crippen molar-refractivity contribution < 1.29 is 34.8 Å². The van der Waals surface area contributed by atoms with Gasteiger partial charge in [0.1, 0.15) is 0 Å². The van der Waals surface area contributed by atoms with Crippen LogP contribution in [0.25, 0.3) is 0 Å². The van der Waals surface area contributed by atoms with Gasteiger partial charge in [-0.25, -0.2) is 0 Å². The standard InChI is InChI=1S/H3OSi.2O.Ti/c1-2;;;/h2H3;;;/q-1;2*-2;+5. The molecule has 0 bridgehead atoms. The van der Waals surface area contributed by atoms with Gasteiger partial charge in [0.15, 0.2) is 0 Å². The molecule has 0 N–H and O–H groups in total. The summed E-state index contributed by atoms with van der Waals surface area (Å²) in [5.74, 6) is 0. The van der Waals surface area contributed by atoms with Crippen LogP contribution in [-0.2, 0) is 34.8 Å². The molecular weight excluding hydrogens is 124 g/mol. The Bertz CT molecular complexity index is 6.85. The van der Waals surface area contributed by atoms with E-state index >= 15 is 0 Å². The monoisotopic (exact) mass is 127 g/mol. The third-order valence-electron chi connectivity index (χ3n) is 0. The summed E-state index contributed by atoms with van der Waals surface area (Å²) in [5, 5.41) is 0. The van der Waals surface area contributed by atoms with Crippen LogP contribution in [0.2, 0.25) is 0 Å². The fraction of sp³-hybridized carbons (Fsp3) is 0. The van der Waals surface area contributed by atoms with Crippen LogP contribution in [0.3, 0.4) is 0 Å². The van der Waals surface area contributed by atoms with Gasteiger partial charge >= 0.3 is 34.3 Å². The van der Waals surface area contributed by atoms with Crippen LogP contribution in [0.4, 0.5) is 0 Å². The normalized spacial score (nSPS) is 4.40. The fourth-order valence-corrected chi connectivity index (χ4v) is 0. The first-order valence-corrected chi connectivity index (χ1v) is 2.07. The molecule has 0 amide bonds. The second-order valence-electron chi connectivity index (χ2n) is 0.204. The van der Waals surface area contributed by atoms with Crippen LogP contribution in [0.1, 0.15) is 0 Å². The second-order valence-corrected chi connectivity index (χ2v) is 2.52. The Morgan fingerprint density at radius 1 is 1.40 bits per heavy atom. The first-order valence-electron chi connectivity index (χ1n) is 0.612. The van der Waals surface area contributed by atoms with Gasteiger partial charge in [-0.3, -0.25) is 0 Å². The van der Waals surface area contributed by atoms with Crippen LogP contribution in [0.5, 0.6) is 0 Å². The molecule has 3 nitrogen and oxygen atoms in total. The Hall–Kier alpha value is 0.811. The third-order valence-corrected chi connectivity index (χ3v) is 0. The van der Waals surface area contributed by atoms with Crippen molar-refractivity contribution in [1.29, 1.82) is 0 Å². The van der Waals surface area contributed by atoms with Gasteiger partial charge in [-0.05, 0) is 0 Å². The minimum atomic E-state index is 0.